The van der Waals surface area contributed by atoms with Crippen molar-refractivity contribution in [3.63, 3.8) is 0 Å². The van der Waals surface area contributed by atoms with Crippen LogP contribution in [-0.2, 0) is 25.8 Å². The van der Waals surface area contributed by atoms with Crippen molar-refractivity contribution in [2.45, 2.75) is 39.5 Å². The van der Waals surface area contributed by atoms with Crippen LogP contribution in [0.15, 0.2) is 17.2 Å². The van der Waals surface area contributed by atoms with E-state index in [1.807, 2.05) is 0 Å². The van der Waals surface area contributed by atoms with Crippen LogP contribution < -0.4 is 24.8 Å². The van der Waals surface area contributed by atoms with Gasteiger partial charge in [0.1, 0.15) is 0 Å². The molecule has 0 aromatic carbocycles. The summed E-state index contributed by atoms with van der Waals surface area (Å²) in [6, 6.07) is 0. The number of hydrogen-bond acceptors (Lipinski definition) is 0. The first-order valence-electron chi connectivity index (χ1n) is 4.11. The second-order valence-electron chi connectivity index (χ2n) is 2.94. The van der Waals surface area contributed by atoms with Gasteiger partial charge in [0.05, 0.1) is 0 Å². The van der Waals surface area contributed by atoms with Crippen LogP contribution in [0.2, 0.25) is 0 Å². The van der Waals surface area contributed by atoms with Gasteiger partial charge in [-0.2, -0.15) is 5.57 Å². The second-order valence-corrected chi connectivity index (χ2v) is 2.94. The van der Waals surface area contributed by atoms with Gasteiger partial charge in [-0.25, -0.2) is 17.7 Å². The van der Waals surface area contributed by atoms with E-state index >= 15 is 0 Å². The zero-order valence-electron chi connectivity index (χ0n) is 8.16. The van der Waals surface area contributed by atoms with Crippen LogP contribution in [0.1, 0.15) is 39.5 Å². The molecular formula is C10H15Cl2Hf-3. The summed E-state index contributed by atoms with van der Waals surface area (Å²) in [5.74, 6) is 0. The van der Waals surface area contributed by atoms with Crippen molar-refractivity contribution < 1.29 is 50.7 Å². The van der Waals surface area contributed by atoms with Gasteiger partial charge in [0.2, 0.25) is 0 Å². The Bertz CT molecular complexity index is 174. The number of unbranched alkanes of at least 4 members (excludes halogenated alkanes) is 1. The Hall–Kier alpha value is 0.930. The smallest absolute Gasteiger partial charge is 0 e. The summed E-state index contributed by atoms with van der Waals surface area (Å²) in [5.41, 5.74) is 2.82. The van der Waals surface area contributed by atoms with Crippen molar-refractivity contribution in [2.75, 3.05) is 0 Å². The van der Waals surface area contributed by atoms with Crippen molar-refractivity contribution in [2.24, 2.45) is 0 Å². The van der Waals surface area contributed by atoms with Crippen LogP contribution in [-0.4, -0.2) is 0 Å². The van der Waals surface area contributed by atoms with E-state index in [0.717, 1.165) is 6.42 Å². The molecule has 13 heavy (non-hydrogen) atoms. The van der Waals surface area contributed by atoms with E-state index in [1.54, 1.807) is 0 Å². The summed E-state index contributed by atoms with van der Waals surface area (Å²) in [6.07, 6.45) is 10.6. The van der Waals surface area contributed by atoms with Gasteiger partial charge >= 0.3 is 0 Å². The molecule has 1 rings (SSSR count). The number of allylic oxidation sites excluding steroid dienone is 4. The molecular weight excluding hydrogens is 370 g/mol. The predicted octanol–water partition coefficient (Wildman–Crippen LogP) is -2.74. The third kappa shape index (κ3) is 7.96. The minimum Gasteiger partial charge on any atom is -1.00 e. The minimum atomic E-state index is 0. The predicted molar refractivity (Wildman–Crippen MR) is 44.7 cm³/mol. The molecule has 0 bridgehead atoms. The van der Waals surface area contributed by atoms with Gasteiger partial charge in [0, 0.05) is 25.8 Å². The van der Waals surface area contributed by atoms with Gasteiger partial charge in [0.25, 0.3) is 0 Å². The molecule has 0 radical (unpaired) electrons. The summed E-state index contributed by atoms with van der Waals surface area (Å²) in [5, 5.41) is 0. The fourth-order valence-electron chi connectivity index (χ4n) is 1.18. The van der Waals surface area contributed by atoms with Crippen LogP contribution in [0.3, 0.4) is 0 Å². The largest absolute Gasteiger partial charge is 1.00 e. The van der Waals surface area contributed by atoms with Gasteiger partial charge in [-0.1, -0.05) is 39.5 Å². The Morgan fingerprint density at radius 1 is 1.38 bits per heavy atom. The van der Waals surface area contributed by atoms with Gasteiger partial charge < -0.3 is 24.8 Å². The average Bonchev–Trinajstić information content (AvgIpc) is 2.31. The molecule has 1 aliphatic carbocycles. The van der Waals surface area contributed by atoms with Crippen LogP contribution >= 0.6 is 0 Å². The number of halogens is 2. The van der Waals surface area contributed by atoms with Crippen molar-refractivity contribution >= 4 is 0 Å². The fraction of sp³-hybridized carbons (Fsp3) is 0.600. The van der Waals surface area contributed by atoms with Gasteiger partial charge in [-0.3, -0.25) is 0 Å². The molecule has 0 atom stereocenters. The second kappa shape index (κ2) is 11.0. The van der Waals surface area contributed by atoms with E-state index in [-0.39, 0.29) is 50.7 Å². The van der Waals surface area contributed by atoms with E-state index in [1.165, 1.54) is 30.4 Å². The number of hydrogen-bond donors (Lipinski definition) is 0. The third-order valence-corrected chi connectivity index (χ3v) is 1.83. The Labute approximate surface area is 113 Å². The maximum Gasteiger partial charge on any atom is 0 e. The normalized spacial score (nSPS) is 13.1. The van der Waals surface area contributed by atoms with Crippen LogP contribution in [0.5, 0.6) is 0 Å². The van der Waals surface area contributed by atoms with Crippen molar-refractivity contribution in [1.29, 1.82) is 0 Å². The van der Waals surface area contributed by atoms with Gasteiger partial charge in [0.15, 0.2) is 0 Å². The van der Waals surface area contributed by atoms with E-state index in [9.17, 15) is 0 Å². The molecule has 0 fully saturated rings. The molecule has 0 saturated carbocycles. The van der Waals surface area contributed by atoms with Crippen LogP contribution in [0, 0.1) is 6.08 Å². The first-order valence-corrected chi connectivity index (χ1v) is 4.11. The first kappa shape index (κ1) is 19.5. The molecule has 0 heterocycles. The van der Waals surface area contributed by atoms with Crippen molar-refractivity contribution in [3.8, 4) is 0 Å². The van der Waals surface area contributed by atoms with E-state index in [2.05, 4.69) is 26.0 Å². The molecule has 76 valence electrons. The van der Waals surface area contributed by atoms with Crippen molar-refractivity contribution in [1.82, 2.24) is 0 Å². The SMILES string of the molecule is CCCCC1=CCC(C)=[C-]1.[Cl-].[Cl-].[Hf]. The molecule has 0 N–H and O–H groups in total. The summed E-state index contributed by atoms with van der Waals surface area (Å²) >= 11 is 0. The zero-order valence-corrected chi connectivity index (χ0v) is 13.3. The molecule has 0 nitrogen and oxygen atoms in total. The maximum absolute atomic E-state index is 3.37. The van der Waals surface area contributed by atoms with Gasteiger partial charge in [-0.05, 0) is 0 Å². The third-order valence-electron chi connectivity index (χ3n) is 1.83. The molecule has 0 aromatic rings. The molecule has 0 unspecified atom stereocenters. The number of rotatable bonds is 3. The molecule has 0 aliphatic heterocycles. The molecule has 0 saturated heterocycles. The van der Waals surface area contributed by atoms with Crippen molar-refractivity contribution in [3.05, 3.63) is 23.3 Å². The van der Waals surface area contributed by atoms with Gasteiger partial charge in [-0.15, -0.1) is 0 Å². The molecule has 3 heteroatoms. The fourth-order valence-corrected chi connectivity index (χ4v) is 1.18. The van der Waals surface area contributed by atoms with E-state index in [4.69, 9.17) is 0 Å². The van der Waals surface area contributed by atoms with E-state index in [0.29, 0.717) is 0 Å². The quantitative estimate of drug-likeness (QED) is 0.366. The summed E-state index contributed by atoms with van der Waals surface area (Å²) in [4.78, 5) is 0. The topological polar surface area (TPSA) is 0 Å². The van der Waals surface area contributed by atoms with Crippen LogP contribution in [0.4, 0.5) is 0 Å². The Morgan fingerprint density at radius 3 is 2.38 bits per heavy atom. The molecule has 1 aliphatic rings. The first-order chi connectivity index (χ1) is 4.83. The van der Waals surface area contributed by atoms with E-state index < -0.39 is 0 Å². The summed E-state index contributed by atoms with van der Waals surface area (Å²) in [6.45, 7) is 4.38. The minimum absolute atomic E-state index is 0. The summed E-state index contributed by atoms with van der Waals surface area (Å²) in [7, 11) is 0. The molecule has 0 spiro atoms. The molecule has 0 aromatic heterocycles. The molecule has 0 amide bonds. The standard InChI is InChI=1S/C10H15.2ClH.Hf/c1-3-4-5-10-7-6-9(2)8-10;;;/h7H,3-6H2,1-2H3;2*1H;/q-1;;;/p-2. The zero-order chi connectivity index (χ0) is 7.40. The Morgan fingerprint density at radius 2 is 2.00 bits per heavy atom. The maximum atomic E-state index is 3.37. The van der Waals surface area contributed by atoms with Crippen LogP contribution in [0.25, 0.3) is 0 Å². The average molecular weight is 385 g/mol. The Balaban J connectivity index is -0.000000333. The monoisotopic (exact) mass is 385 g/mol. The Kier molecular flexibility index (Phi) is 16.5. The summed E-state index contributed by atoms with van der Waals surface area (Å²) < 4.78 is 0.